The molecule has 18 heavy (non-hydrogen) atoms. The number of ether oxygens (including phenoxy) is 2. The fourth-order valence-electron chi connectivity index (χ4n) is 2.77. The number of hydrogen-bond donors (Lipinski definition) is 1. The van der Waals surface area contributed by atoms with E-state index in [4.69, 9.17) is 9.47 Å². The fraction of sp³-hybridized carbons (Fsp3) is 0.500. The first kappa shape index (κ1) is 13.1. The van der Waals surface area contributed by atoms with Gasteiger partial charge in [0.15, 0.2) is 0 Å². The average molecular weight is 249 g/mol. The number of carbonyl (C=O) groups excluding carboxylic acids is 1. The van der Waals surface area contributed by atoms with Crippen LogP contribution in [0.4, 0.5) is 0 Å². The molecule has 0 heterocycles. The second-order valence-electron chi connectivity index (χ2n) is 4.50. The summed E-state index contributed by atoms with van der Waals surface area (Å²) in [5.74, 6) is -0.397. The van der Waals surface area contributed by atoms with Crippen molar-refractivity contribution in [3.8, 4) is 0 Å². The molecule has 0 spiro atoms. The predicted molar refractivity (Wildman–Crippen MR) is 68.2 cm³/mol. The van der Waals surface area contributed by atoms with Gasteiger partial charge in [-0.25, -0.2) is 0 Å². The topological polar surface area (TPSA) is 47.6 Å². The highest BCUT2D eigenvalue weighted by Crippen LogP contribution is 2.35. The number of hydrogen-bond acceptors (Lipinski definition) is 4. The van der Waals surface area contributed by atoms with Crippen molar-refractivity contribution in [2.24, 2.45) is 5.92 Å². The second kappa shape index (κ2) is 5.50. The van der Waals surface area contributed by atoms with Crippen LogP contribution in [-0.2, 0) is 20.7 Å². The zero-order chi connectivity index (χ0) is 13.1. The highest BCUT2D eigenvalue weighted by atomic mass is 16.5. The Labute approximate surface area is 107 Å². The van der Waals surface area contributed by atoms with E-state index in [9.17, 15) is 4.79 Å². The maximum Gasteiger partial charge on any atom is 0.310 e. The Morgan fingerprint density at radius 2 is 2.06 bits per heavy atom. The van der Waals surface area contributed by atoms with Gasteiger partial charge in [-0.3, -0.25) is 4.79 Å². The van der Waals surface area contributed by atoms with Gasteiger partial charge in [-0.2, -0.15) is 0 Å². The molecule has 0 fully saturated rings. The van der Waals surface area contributed by atoms with Gasteiger partial charge in [0.05, 0.1) is 25.2 Å². The molecule has 2 rings (SSSR count). The molecule has 1 aromatic rings. The van der Waals surface area contributed by atoms with Crippen molar-refractivity contribution in [1.82, 2.24) is 5.32 Å². The summed E-state index contributed by atoms with van der Waals surface area (Å²) in [5.41, 5.74) is 2.31. The van der Waals surface area contributed by atoms with Crippen LogP contribution >= 0.6 is 0 Å². The number of likely N-dealkylation sites (N-methyl/N-ethyl adjacent to an activating group) is 1. The lowest BCUT2D eigenvalue weighted by molar-refractivity contribution is -0.148. The van der Waals surface area contributed by atoms with E-state index in [2.05, 4.69) is 11.4 Å². The van der Waals surface area contributed by atoms with Gasteiger partial charge in [-0.05, 0) is 24.6 Å². The third-order valence-corrected chi connectivity index (χ3v) is 3.65. The molecule has 0 radical (unpaired) electrons. The van der Waals surface area contributed by atoms with E-state index in [0.717, 1.165) is 11.1 Å². The summed E-state index contributed by atoms with van der Waals surface area (Å²) in [4.78, 5) is 11.9. The third-order valence-electron chi connectivity index (χ3n) is 3.65. The summed E-state index contributed by atoms with van der Waals surface area (Å²) in [6.07, 6.45) is 0.567. The van der Waals surface area contributed by atoms with Gasteiger partial charge in [0.1, 0.15) is 0 Å². The number of carbonyl (C=O) groups is 1. The normalized spacial score (nSPS) is 26.5. The molecule has 0 bridgehead atoms. The molecular formula is C14H19NO3. The summed E-state index contributed by atoms with van der Waals surface area (Å²) in [7, 11) is 4.95. The van der Waals surface area contributed by atoms with E-state index in [0.29, 0.717) is 6.42 Å². The molecular weight excluding hydrogens is 230 g/mol. The number of nitrogens with one attached hydrogen (secondary N) is 1. The fourth-order valence-corrected chi connectivity index (χ4v) is 2.77. The Bertz CT molecular complexity index is 433. The Morgan fingerprint density at radius 3 is 2.67 bits per heavy atom. The molecule has 1 aliphatic carbocycles. The van der Waals surface area contributed by atoms with Crippen LogP contribution in [0, 0.1) is 5.92 Å². The van der Waals surface area contributed by atoms with Gasteiger partial charge in [0.2, 0.25) is 0 Å². The molecule has 0 saturated heterocycles. The van der Waals surface area contributed by atoms with E-state index < -0.39 is 0 Å². The van der Waals surface area contributed by atoms with Crippen LogP contribution in [0.3, 0.4) is 0 Å². The minimum atomic E-state index is -0.208. The molecule has 0 aliphatic heterocycles. The van der Waals surface area contributed by atoms with E-state index in [-0.39, 0.29) is 24.0 Å². The zero-order valence-electron chi connectivity index (χ0n) is 11.0. The molecule has 1 aromatic carbocycles. The van der Waals surface area contributed by atoms with Crippen molar-refractivity contribution in [3.05, 3.63) is 35.4 Å². The van der Waals surface area contributed by atoms with Gasteiger partial charge < -0.3 is 14.8 Å². The molecule has 1 aliphatic rings. The lowest BCUT2D eigenvalue weighted by atomic mass is 9.78. The lowest BCUT2D eigenvalue weighted by Gasteiger charge is -2.37. The van der Waals surface area contributed by atoms with Crippen LogP contribution in [0.2, 0.25) is 0 Å². The largest absolute Gasteiger partial charge is 0.469 e. The number of methoxy groups -OCH3 is 2. The van der Waals surface area contributed by atoms with E-state index >= 15 is 0 Å². The highest BCUT2D eigenvalue weighted by molar-refractivity contribution is 5.74. The number of rotatable bonds is 3. The molecule has 4 heteroatoms. The van der Waals surface area contributed by atoms with Gasteiger partial charge in [0, 0.05) is 7.11 Å². The van der Waals surface area contributed by atoms with Crippen molar-refractivity contribution in [3.63, 3.8) is 0 Å². The highest BCUT2D eigenvalue weighted by Gasteiger charge is 2.40. The van der Waals surface area contributed by atoms with E-state index in [1.807, 2.05) is 25.2 Å². The summed E-state index contributed by atoms with van der Waals surface area (Å²) < 4.78 is 10.5. The first-order valence-corrected chi connectivity index (χ1v) is 6.08. The van der Waals surface area contributed by atoms with Crippen LogP contribution in [-0.4, -0.2) is 33.3 Å². The number of esters is 1. The van der Waals surface area contributed by atoms with Crippen LogP contribution in [0.1, 0.15) is 17.2 Å². The predicted octanol–water partition coefficient (Wildman–Crippen LogP) is 1.31. The molecule has 1 N–H and O–H groups in total. The van der Waals surface area contributed by atoms with Crippen LogP contribution in [0.25, 0.3) is 0 Å². The van der Waals surface area contributed by atoms with Gasteiger partial charge in [0.25, 0.3) is 0 Å². The van der Waals surface area contributed by atoms with Crippen LogP contribution in [0.15, 0.2) is 24.3 Å². The van der Waals surface area contributed by atoms with Crippen molar-refractivity contribution in [2.45, 2.75) is 18.6 Å². The molecule has 1 unspecified atom stereocenters. The van der Waals surface area contributed by atoms with E-state index in [1.165, 1.54) is 7.11 Å². The Balaban J connectivity index is 2.41. The quantitative estimate of drug-likeness (QED) is 0.820. The summed E-state index contributed by atoms with van der Waals surface area (Å²) in [5, 5.41) is 3.19. The second-order valence-corrected chi connectivity index (χ2v) is 4.50. The van der Waals surface area contributed by atoms with Crippen LogP contribution < -0.4 is 5.32 Å². The number of benzene rings is 1. The summed E-state index contributed by atoms with van der Waals surface area (Å²) in [6.45, 7) is 0. The van der Waals surface area contributed by atoms with Gasteiger partial charge in [-0.15, -0.1) is 0 Å². The Morgan fingerprint density at radius 1 is 1.33 bits per heavy atom. The Kier molecular flexibility index (Phi) is 3.99. The van der Waals surface area contributed by atoms with Gasteiger partial charge >= 0.3 is 5.97 Å². The maximum absolute atomic E-state index is 11.9. The molecule has 98 valence electrons. The van der Waals surface area contributed by atoms with Crippen molar-refractivity contribution in [1.29, 1.82) is 0 Å². The monoisotopic (exact) mass is 249 g/mol. The standard InChI is InChI=1S/C14H19NO3/c1-15-12-11(14(16)18-3)8-9-6-4-5-7-10(9)13(12)17-2/h4-7,11-13,15H,8H2,1-3H3/t11?,12-,13-/m1/s1. The van der Waals surface area contributed by atoms with Crippen molar-refractivity contribution < 1.29 is 14.3 Å². The molecule has 3 atom stereocenters. The minimum absolute atomic E-state index is 0.0580. The smallest absolute Gasteiger partial charge is 0.310 e. The van der Waals surface area contributed by atoms with Crippen molar-refractivity contribution >= 4 is 5.97 Å². The molecule has 0 aromatic heterocycles. The average Bonchev–Trinajstić information content (AvgIpc) is 2.44. The number of fused-ring (bicyclic) bond motifs is 1. The minimum Gasteiger partial charge on any atom is -0.469 e. The molecule has 0 saturated carbocycles. The first-order valence-electron chi connectivity index (χ1n) is 6.08. The Hall–Kier alpha value is -1.39. The van der Waals surface area contributed by atoms with E-state index in [1.54, 1.807) is 7.11 Å². The molecule has 4 nitrogen and oxygen atoms in total. The lowest BCUT2D eigenvalue weighted by Crippen LogP contribution is -2.47. The third kappa shape index (κ3) is 2.13. The van der Waals surface area contributed by atoms with Gasteiger partial charge in [-0.1, -0.05) is 24.3 Å². The summed E-state index contributed by atoms with van der Waals surface area (Å²) >= 11 is 0. The first-order chi connectivity index (χ1) is 8.72. The summed E-state index contributed by atoms with van der Waals surface area (Å²) in [6, 6.07) is 8.03. The van der Waals surface area contributed by atoms with Crippen LogP contribution in [0.5, 0.6) is 0 Å². The van der Waals surface area contributed by atoms with Crippen molar-refractivity contribution in [2.75, 3.05) is 21.3 Å². The maximum atomic E-state index is 11.9. The SMILES string of the molecule is CN[C@@H]1C(C(=O)OC)Cc2ccccc2[C@H]1OC. The zero-order valence-corrected chi connectivity index (χ0v) is 11.0. The molecule has 0 amide bonds.